The van der Waals surface area contributed by atoms with Gasteiger partial charge in [0.25, 0.3) is 0 Å². The average molecular weight is 516 g/mol. The number of halogens is 1. The van der Waals surface area contributed by atoms with Gasteiger partial charge in [0, 0.05) is 54.0 Å². The van der Waals surface area contributed by atoms with Crippen LogP contribution in [0.3, 0.4) is 0 Å². The number of hydrogen-bond donors (Lipinski definition) is 0. The third-order valence-corrected chi connectivity index (χ3v) is 8.40. The van der Waals surface area contributed by atoms with E-state index in [1.807, 2.05) is 29.8 Å². The molecule has 1 aromatic heterocycles. The van der Waals surface area contributed by atoms with Gasteiger partial charge in [-0.2, -0.15) is 0 Å². The van der Waals surface area contributed by atoms with Gasteiger partial charge in [0.15, 0.2) is 0 Å². The molecule has 3 aromatic carbocycles. The zero-order valence-electron chi connectivity index (χ0n) is 21.3. The zero-order valence-corrected chi connectivity index (χ0v) is 22.2. The monoisotopic (exact) mass is 515 g/mol. The molecular weight excluding hydrogens is 485 g/mol. The summed E-state index contributed by atoms with van der Waals surface area (Å²) in [6, 6.07) is 13.9. The molecule has 2 unspecified atom stereocenters. The number of thiazole rings is 1. The van der Waals surface area contributed by atoms with E-state index in [4.69, 9.17) is 14.2 Å². The standard InChI is InChI=1S/C31H30FNO3S/c1-18-14-21(31-33-11-13-37-31)15-19(2)29(18)24-6-8-26(32)30-25(24)7-9-27(30)36-22-4-5-23-20(10-12-34-3)17-35-28(23)16-22/h4-6,8,11,13-16,20,27H,7,9-10,12,17H2,1-3H3. The normalized spacial score (nSPS) is 17.9. The van der Waals surface area contributed by atoms with Crippen LogP contribution in [0.1, 0.15) is 52.7 Å². The minimum absolute atomic E-state index is 0.201. The van der Waals surface area contributed by atoms with Gasteiger partial charge in [-0.05, 0) is 85.2 Å². The third-order valence-electron chi connectivity index (χ3n) is 7.58. The highest BCUT2D eigenvalue weighted by Gasteiger charge is 2.32. The fraction of sp³-hybridized carbons (Fsp3) is 0.323. The fourth-order valence-corrected chi connectivity index (χ4v) is 6.52. The Kier molecular flexibility index (Phi) is 6.47. The highest BCUT2D eigenvalue weighted by molar-refractivity contribution is 7.13. The summed E-state index contributed by atoms with van der Waals surface area (Å²) < 4.78 is 32.8. The maximum atomic E-state index is 15.3. The lowest BCUT2D eigenvalue weighted by atomic mass is 9.89. The quantitative estimate of drug-likeness (QED) is 0.252. The molecule has 1 aliphatic heterocycles. The first-order valence-corrected chi connectivity index (χ1v) is 13.7. The van der Waals surface area contributed by atoms with Crippen LogP contribution in [0, 0.1) is 19.7 Å². The molecule has 2 aliphatic rings. The van der Waals surface area contributed by atoms with Crippen LogP contribution >= 0.6 is 11.3 Å². The van der Waals surface area contributed by atoms with E-state index in [0.29, 0.717) is 30.4 Å². The van der Waals surface area contributed by atoms with Crippen molar-refractivity contribution in [1.82, 2.24) is 4.98 Å². The first-order chi connectivity index (χ1) is 18.0. The number of rotatable bonds is 7. The summed E-state index contributed by atoms with van der Waals surface area (Å²) in [4.78, 5) is 4.47. The summed E-state index contributed by atoms with van der Waals surface area (Å²) in [6.45, 7) is 5.62. The van der Waals surface area contributed by atoms with E-state index in [0.717, 1.165) is 46.7 Å². The van der Waals surface area contributed by atoms with Gasteiger partial charge in [0.1, 0.15) is 28.4 Å². The number of ether oxygens (including phenoxy) is 3. The minimum atomic E-state index is -0.325. The van der Waals surface area contributed by atoms with Crippen LogP contribution in [0.4, 0.5) is 4.39 Å². The van der Waals surface area contributed by atoms with Crippen molar-refractivity contribution in [3.05, 3.63) is 87.7 Å². The molecule has 0 N–H and O–H groups in total. The molecule has 4 aromatic rings. The van der Waals surface area contributed by atoms with Crippen molar-refractivity contribution in [2.45, 2.75) is 45.1 Å². The predicted molar refractivity (Wildman–Crippen MR) is 145 cm³/mol. The van der Waals surface area contributed by atoms with Crippen LogP contribution < -0.4 is 9.47 Å². The minimum Gasteiger partial charge on any atom is -0.493 e. The summed E-state index contributed by atoms with van der Waals surface area (Å²) in [7, 11) is 1.72. The molecule has 0 bridgehead atoms. The van der Waals surface area contributed by atoms with Gasteiger partial charge in [0.2, 0.25) is 0 Å². The number of aromatic nitrogens is 1. The van der Waals surface area contributed by atoms with Crippen molar-refractivity contribution in [1.29, 1.82) is 0 Å². The number of hydrogen-bond acceptors (Lipinski definition) is 5. The Morgan fingerprint density at radius 3 is 2.70 bits per heavy atom. The molecule has 2 heterocycles. The molecule has 2 atom stereocenters. The van der Waals surface area contributed by atoms with Gasteiger partial charge in [-0.25, -0.2) is 9.37 Å². The molecule has 1 aliphatic carbocycles. The number of methoxy groups -OCH3 is 1. The van der Waals surface area contributed by atoms with Crippen molar-refractivity contribution < 1.29 is 18.6 Å². The first-order valence-electron chi connectivity index (χ1n) is 12.8. The van der Waals surface area contributed by atoms with Gasteiger partial charge in [-0.15, -0.1) is 11.3 Å². The molecule has 6 rings (SSSR count). The Hall–Kier alpha value is -3.22. The predicted octanol–water partition coefficient (Wildman–Crippen LogP) is 7.81. The summed E-state index contributed by atoms with van der Waals surface area (Å²) in [5.74, 6) is 1.71. The van der Waals surface area contributed by atoms with Gasteiger partial charge in [0.05, 0.1) is 6.61 Å². The lowest BCUT2D eigenvalue weighted by Crippen LogP contribution is -2.06. The topological polar surface area (TPSA) is 40.6 Å². The molecule has 37 heavy (non-hydrogen) atoms. The average Bonchev–Trinajstić information content (AvgIpc) is 3.64. The van der Waals surface area contributed by atoms with Crippen LogP contribution in [-0.4, -0.2) is 25.3 Å². The maximum Gasteiger partial charge on any atom is 0.130 e. The summed E-state index contributed by atoms with van der Waals surface area (Å²) in [5, 5.41) is 3.01. The number of fused-ring (bicyclic) bond motifs is 2. The lowest BCUT2D eigenvalue weighted by Gasteiger charge is -2.19. The molecule has 0 amide bonds. The number of aryl methyl sites for hydroxylation is 2. The van der Waals surface area contributed by atoms with Gasteiger partial charge < -0.3 is 14.2 Å². The SMILES string of the molecule is COCCC1COc2cc(OC3CCc4c(-c5c(C)cc(-c6nccs6)cc5C)ccc(F)c43)ccc21. The van der Waals surface area contributed by atoms with Crippen LogP contribution in [0.5, 0.6) is 11.5 Å². The molecule has 0 saturated heterocycles. The van der Waals surface area contributed by atoms with Crippen molar-refractivity contribution in [2.24, 2.45) is 0 Å². The van der Waals surface area contributed by atoms with E-state index in [-0.39, 0.29) is 11.9 Å². The molecule has 0 fully saturated rings. The Balaban J connectivity index is 1.30. The van der Waals surface area contributed by atoms with Gasteiger partial charge >= 0.3 is 0 Å². The molecule has 6 heteroatoms. The molecule has 0 saturated carbocycles. The first kappa shape index (κ1) is 24.1. The smallest absolute Gasteiger partial charge is 0.130 e. The van der Waals surface area contributed by atoms with Gasteiger partial charge in [-0.3, -0.25) is 0 Å². The van der Waals surface area contributed by atoms with Gasteiger partial charge in [-0.1, -0.05) is 12.1 Å². The third kappa shape index (κ3) is 4.42. The van der Waals surface area contributed by atoms with Crippen LogP contribution in [0.25, 0.3) is 21.7 Å². The zero-order chi connectivity index (χ0) is 25.5. The highest BCUT2D eigenvalue weighted by Crippen LogP contribution is 2.45. The molecular formula is C31H30FNO3S. The van der Waals surface area contributed by atoms with Crippen molar-refractivity contribution in [3.63, 3.8) is 0 Å². The second-order valence-electron chi connectivity index (χ2n) is 9.94. The summed E-state index contributed by atoms with van der Waals surface area (Å²) in [5.41, 5.74) is 8.65. The van der Waals surface area contributed by atoms with Crippen molar-refractivity contribution in [3.8, 4) is 33.2 Å². The van der Waals surface area contributed by atoms with Crippen LogP contribution in [0.2, 0.25) is 0 Å². The van der Waals surface area contributed by atoms with E-state index in [2.05, 4.69) is 37.0 Å². The van der Waals surface area contributed by atoms with Crippen LogP contribution in [-0.2, 0) is 11.2 Å². The Morgan fingerprint density at radius 2 is 1.95 bits per heavy atom. The highest BCUT2D eigenvalue weighted by atomic mass is 32.1. The molecule has 4 nitrogen and oxygen atoms in total. The Morgan fingerprint density at radius 1 is 1.11 bits per heavy atom. The maximum absolute atomic E-state index is 15.3. The van der Waals surface area contributed by atoms with E-state index in [9.17, 15) is 0 Å². The molecule has 0 spiro atoms. The molecule has 190 valence electrons. The Bertz CT molecular complexity index is 1430. The largest absolute Gasteiger partial charge is 0.493 e. The van der Waals surface area contributed by atoms with Crippen molar-refractivity contribution in [2.75, 3.05) is 20.3 Å². The van der Waals surface area contributed by atoms with E-state index in [1.165, 1.54) is 22.3 Å². The number of nitrogens with zero attached hydrogens (tertiary/aromatic N) is 1. The Labute approximate surface area is 221 Å². The van der Waals surface area contributed by atoms with E-state index in [1.54, 1.807) is 24.5 Å². The number of benzene rings is 3. The van der Waals surface area contributed by atoms with E-state index >= 15 is 4.39 Å². The fourth-order valence-electron chi connectivity index (χ4n) is 5.90. The summed E-state index contributed by atoms with van der Waals surface area (Å²) in [6.07, 6.45) is 3.96. The van der Waals surface area contributed by atoms with Crippen LogP contribution in [0.15, 0.2) is 54.0 Å². The summed E-state index contributed by atoms with van der Waals surface area (Å²) >= 11 is 1.64. The lowest BCUT2D eigenvalue weighted by molar-refractivity contribution is 0.181. The second-order valence-corrected chi connectivity index (χ2v) is 10.8. The molecule has 0 radical (unpaired) electrons. The van der Waals surface area contributed by atoms with E-state index < -0.39 is 0 Å². The second kappa shape index (κ2) is 9.92. The van der Waals surface area contributed by atoms with Crippen molar-refractivity contribution >= 4 is 11.3 Å².